The molecule has 2 atom stereocenters. The monoisotopic (exact) mass is 232 g/mol. The van der Waals surface area contributed by atoms with E-state index in [1.807, 2.05) is 56.3 Å². The highest BCUT2D eigenvalue weighted by Crippen LogP contribution is 2.25. The van der Waals surface area contributed by atoms with Gasteiger partial charge in [0.15, 0.2) is 6.10 Å². The Kier molecular flexibility index (Phi) is 3.59. The molecule has 1 aromatic carbocycles. The SMILES string of the molecule is CC(C)OC(=O)[C@H]1O[C@@H]1/C=C/c1ccccc1. The normalized spacial score (nSPS) is 23.0. The molecular formula is C14H16O3. The van der Waals surface area contributed by atoms with Crippen LogP contribution < -0.4 is 0 Å². The first-order valence-electron chi connectivity index (χ1n) is 5.76. The van der Waals surface area contributed by atoms with Crippen LogP contribution in [0.25, 0.3) is 6.08 Å². The first-order chi connectivity index (χ1) is 8.16. The lowest BCUT2D eigenvalue weighted by molar-refractivity contribution is -0.148. The molecule has 0 aromatic heterocycles. The molecule has 1 aromatic rings. The number of rotatable bonds is 4. The van der Waals surface area contributed by atoms with Crippen LogP contribution in [0.2, 0.25) is 0 Å². The summed E-state index contributed by atoms with van der Waals surface area (Å²) >= 11 is 0. The average Bonchev–Trinajstić information content (AvgIpc) is 3.06. The van der Waals surface area contributed by atoms with Crippen LogP contribution in [-0.2, 0) is 14.3 Å². The Balaban J connectivity index is 1.84. The number of benzene rings is 1. The van der Waals surface area contributed by atoms with E-state index in [2.05, 4.69) is 0 Å². The minimum absolute atomic E-state index is 0.0922. The van der Waals surface area contributed by atoms with E-state index in [-0.39, 0.29) is 18.2 Å². The van der Waals surface area contributed by atoms with Gasteiger partial charge in [-0.05, 0) is 19.4 Å². The number of epoxide rings is 1. The Morgan fingerprint density at radius 2 is 2.06 bits per heavy atom. The van der Waals surface area contributed by atoms with Gasteiger partial charge in [-0.25, -0.2) is 4.79 Å². The van der Waals surface area contributed by atoms with Crippen LogP contribution in [0.4, 0.5) is 0 Å². The van der Waals surface area contributed by atoms with E-state index in [1.54, 1.807) is 0 Å². The first kappa shape index (κ1) is 11.9. The van der Waals surface area contributed by atoms with Crippen molar-refractivity contribution in [2.75, 3.05) is 0 Å². The molecule has 1 aliphatic rings. The lowest BCUT2D eigenvalue weighted by Gasteiger charge is -2.04. The summed E-state index contributed by atoms with van der Waals surface area (Å²) < 4.78 is 10.3. The summed E-state index contributed by atoms with van der Waals surface area (Å²) in [6, 6.07) is 9.91. The smallest absolute Gasteiger partial charge is 0.338 e. The fourth-order valence-corrected chi connectivity index (χ4v) is 1.53. The molecule has 0 aliphatic carbocycles. The van der Waals surface area contributed by atoms with Crippen LogP contribution in [0.3, 0.4) is 0 Å². The van der Waals surface area contributed by atoms with Crippen LogP contribution in [0.15, 0.2) is 36.4 Å². The maximum atomic E-state index is 11.5. The molecule has 17 heavy (non-hydrogen) atoms. The maximum absolute atomic E-state index is 11.5. The number of esters is 1. The lowest BCUT2D eigenvalue weighted by atomic mass is 10.2. The summed E-state index contributed by atoms with van der Waals surface area (Å²) in [5, 5.41) is 0. The molecule has 0 amide bonds. The van der Waals surface area contributed by atoms with Crippen LogP contribution in [0.5, 0.6) is 0 Å². The standard InChI is InChI=1S/C14H16O3/c1-10(2)16-14(15)13-12(17-13)9-8-11-6-4-3-5-7-11/h3-10,12-13H,1-2H3/b9-8+/t12-,13+/m1/s1. The number of hydrogen-bond donors (Lipinski definition) is 0. The Morgan fingerprint density at radius 3 is 2.71 bits per heavy atom. The molecule has 1 heterocycles. The van der Waals surface area contributed by atoms with E-state index < -0.39 is 6.10 Å². The van der Waals surface area contributed by atoms with Crippen molar-refractivity contribution in [2.45, 2.75) is 32.2 Å². The number of carbonyl (C=O) groups excluding carboxylic acids is 1. The van der Waals surface area contributed by atoms with Gasteiger partial charge >= 0.3 is 5.97 Å². The van der Waals surface area contributed by atoms with Crippen molar-refractivity contribution < 1.29 is 14.3 Å². The van der Waals surface area contributed by atoms with Gasteiger partial charge < -0.3 is 9.47 Å². The van der Waals surface area contributed by atoms with Crippen LogP contribution >= 0.6 is 0 Å². The fraction of sp³-hybridized carbons (Fsp3) is 0.357. The van der Waals surface area contributed by atoms with Gasteiger partial charge in [-0.15, -0.1) is 0 Å². The lowest BCUT2D eigenvalue weighted by Crippen LogP contribution is -2.17. The molecule has 1 aliphatic heterocycles. The molecule has 2 rings (SSSR count). The van der Waals surface area contributed by atoms with E-state index in [4.69, 9.17) is 9.47 Å². The molecule has 0 spiro atoms. The largest absolute Gasteiger partial charge is 0.461 e. The van der Waals surface area contributed by atoms with Crippen molar-refractivity contribution in [3.05, 3.63) is 42.0 Å². The van der Waals surface area contributed by atoms with Gasteiger partial charge in [0, 0.05) is 0 Å². The van der Waals surface area contributed by atoms with Crippen molar-refractivity contribution in [3.63, 3.8) is 0 Å². The van der Waals surface area contributed by atoms with E-state index in [9.17, 15) is 4.79 Å². The summed E-state index contributed by atoms with van der Waals surface area (Å²) in [7, 11) is 0. The molecular weight excluding hydrogens is 216 g/mol. The van der Waals surface area contributed by atoms with Gasteiger partial charge in [0.1, 0.15) is 6.10 Å². The molecule has 0 saturated carbocycles. The second-order valence-corrected chi connectivity index (χ2v) is 4.28. The van der Waals surface area contributed by atoms with Crippen LogP contribution in [0, 0.1) is 0 Å². The van der Waals surface area contributed by atoms with Gasteiger partial charge in [-0.2, -0.15) is 0 Å². The number of carbonyl (C=O) groups is 1. The van der Waals surface area contributed by atoms with Crippen molar-refractivity contribution >= 4 is 12.0 Å². The topological polar surface area (TPSA) is 38.8 Å². The van der Waals surface area contributed by atoms with Crippen molar-refractivity contribution in [1.82, 2.24) is 0 Å². The highest BCUT2D eigenvalue weighted by molar-refractivity contribution is 5.79. The minimum atomic E-state index is -0.419. The summed E-state index contributed by atoms with van der Waals surface area (Å²) in [6.45, 7) is 3.66. The maximum Gasteiger partial charge on any atom is 0.338 e. The zero-order valence-corrected chi connectivity index (χ0v) is 10.00. The van der Waals surface area contributed by atoms with Crippen LogP contribution in [0.1, 0.15) is 19.4 Å². The third-order valence-electron chi connectivity index (χ3n) is 2.39. The van der Waals surface area contributed by atoms with Gasteiger partial charge in [0.25, 0.3) is 0 Å². The highest BCUT2D eigenvalue weighted by Gasteiger charge is 2.44. The molecule has 0 radical (unpaired) electrons. The molecule has 3 nitrogen and oxygen atoms in total. The molecule has 1 saturated heterocycles. The molecule has 0 unspecified atom stereocenters. The Bertz CT molecular complexity index is 409. The molecule has 3 heteroatoms. The predicted octanol–water partition coefficient (Wildman–Crippen LogP) is 2.42. The van der Waals surface area contributed by atoms with E-state index >= 15 is 0 Å². The molecule has 1 fully saturated rings. The summed E-state index contributed by atoms with van der Waals surface area (Å²) in [5.41, 5.74) is 1.10. The van der Waals surface area contributed by atoms with Gasteiger partial charge in [0.05, 0.1) is 6.10 Å². The quantitative estimate of drug-likeness (QED) is 0.591. The number of hydrogen-bond acceptors (Lipinski definition) is 3. The second kappa shape index (κ2) is 5.15. The Labute approximate surface area is 101 Å². The van der Waals surface area contributed by atoms with Gasteiger partial charge in [-0.1, -0.05) is 42.5 Å². The van der Waals surface area contributed by atoms with Gasteiger partial charge in [0.2, 0.25) is 0 Å². The van der Waals surface area contributed by atoms with Crippen molar-refractivity contribution in [1.29, 1.82) is 0 Å². The molecule has 0 N–H and O–H groups in total. The zero-order valence-electron chi connectivity index (χ0n) is 10.00. The summed E-state index contributed by atoms with van der Waals surface area (Å²) in [4.78, 5) is 11.5. The van der Waals surface area contributed by atoms with Crippen molar-refractivity contribution in [2.24, 2.45) is 0 Å². The Hall–Kier alpha value is -1.61. The third kappa shape index (κ3) is 3.43. The zero-order chi connectivity index (χ0) is 12.3. The average molecular weight is 232 g/mol. The number of ether oxygens (including phenoxy) is 2. The molecule has 0 bridgehead atoms. The van der Waals surface area contributed by atoms with E-state index in [0.29, 0.717) is 0 Å². The van der Waals surface area contributed by atoms with E-state index in [0.717, 1.165) is 5.56 Å². The van der Waals surface area contributed by atoms with Crippen molar-refractivity contribution in [3.8, 4) is 0 Å². The fourth-order valence-electron chi connectivity index (χ4n) is 1.53. The third-order valence-corrected chi connectivity index (χ3v) is 2.39. The highest BCUT2D eigenvalue weighted by atomic mass is 16.6. The van der Waals surface area contributed by atoms with Crippen LogP contribution in [-0.4, -0.2) is 24.3 Å². The molecule has 90 valence electrons. The van der Waals surface area contributed by atoms with Gasteiger partial charge in [-0.3, -0.25) is 0 Å². The predicted molar refractivity (Wildman–Crippen MR) is 65.4 cm³/mol. The summed E-state index contributed by atoms with van der Waals surface area (Å²) in [6.07, 6.45) is 3.19. The first-order valence-corrected chi connectivity index (χ1v) is 5.76. The Morgan fingerprint density at radius 1 is 1.35 bits per heavy atom. The summed E-state index contributed by atoms with van der Waals surface area (Å²) in [5.74, 6) is -0.275. The second-order valence-electron chi connectivity index (χ2n) is 4.28. The minimum Gasteiger partial charge on any atom is -0.461 e. The van der Waals surface area contributed by atoms with E-state index in [1.165, 1.54) is 0 Å².